The van der Waals surface area contributed by atoms with E-state index in [1.54, 1.807) is 0 Å². The molecule has 2 N–H and O–H groups in total. The molecule has 4 nitrogen and oxygen atoms in total. The smallest absolute Gasteiger partial charge is 0.221 e. The summed E-state index contributed by atoms with van der Waals surface area (Å²) in [4.78, 5) is 11.4. The van der Waals surface area contributed by atoms with Gasteiger partial charge in [0.25, 0.3) is 0 Å². The van der Waals surface area contributed by atoms with Gasteiger partial charge in [0.1, 0.15) is 0 Å². The van der Waals surface area contributed by atoms with Gasteiger partial charge in [0.15, 0.2) is 0 Å². The summed E-state index contributed by atoms with van der Waals surface area (Å²) in [5.41, 5.74) is 0. The van der Waals surface area contributed by atoms with E-state index in [9.17, 15) is 4.79 Å². The highest BCUT2D eigenvalue weighted by Crippen LogP contribution is 2.08. The molecule has 0 aromatic heterocycles. The zero-order valence-corrected chi connectivity index (χ0v) is 8.55. The largest absolute Gasteiger partial charge is 0.353 e. The van der Waals surface area contributed by atoms with Crippen molar-refractivity contribution in [3.8, 4) is 6.07 Å². The molecule has 1 aliphatic heterocycles. The fourth-order valence-electron chi connectivity index (χ4n) is 1.68. The first-order valence-electron chi connectivity index (χ1n) is 5.12. The Labute approximate surface area is 84.7 Å². The first kappa shape index (κ1) is 11.0. The number of nitrogens with one attached hydrogen (secondary N) is 2. The Bertz CT molecular complexity index is 228. The SMILES string of the molecule is CC(CC#N)NC(=O)CC1CCCN1. The Morgan fingerprint density at radius 3 is 3.14 bits per heavy atom. The van der Waals surface area contributed by atoms with E-state index in [1.807, 2.05) is 13.0 Å². The molecule has 0 aliphatic carbocycles. The lowest BCUT2D eigenvalue weighted by Crippen LogP contribution is -2.36. The highest BCUT2D eigenvalue weighted by Gasteiger charge is 2.18. The molecule has 14 heavy (non-hydrogen) atoms. The fourth-order valence-corrected chi connectivity index (χ4v) is 1.68. The fraction of sp³-hybridized carbons (Fsp3) is 0.800. The van der Waals surface area contributed by atoms with Gasteiger partial charge in [-0.1, -0.05) is 0 Å². The van der Waals surface area contributed by atoms with Crippen LogP contribution < -0.4 is 10.6 Å². The van der Waals surface area contributed by atoms with E-state index in [-0.39, 0.29) is 11.9 Å². The molecule has 0 bridgehead atoms. The number of nitrogens with zero attached hydrogens (tertiary/aromatic N) is 1. The Hall–Kier alpha value is -1.08. The standard InChI is InChI=1S/C10H17N3O/c1-8(4-5-11)13-10(14)7-9-3-2-6-12-9/h8-9,12H,2-4,6-7H2,1H3,(H,13,14). The third-order valence-corrected chi connectivity index (χ3v) is 2.40. The summed E-state index contributed by atoms with van der Waals surface area (Å²) in [5, 5.41) is 14.5. The van der Waals surface area contributed by atoms with Crippen molar-refractivity contribution in [3.63, 3.8) is 0 Å². The Balaban J connectivity index is 2.18. The van der Waals surface area contributed by atoms with Crippen LogP contribution in [0.15, 0.2) is 0 Å². The van der Waals surface area contributed by atoms with E-state index in [1.165, 1.54) is 0 Å². The minimum Gasteiger partial charge on any atom is -0.353 e. The molecule has 0 spiro atoms. The summed E-state index contributed by atoms with van der Waals surface area (Å²) < 4.78 is 0. The monoisotopic (exact) mass is 195 g/mol. The van der Waals surface area contributed by atoms with E-state index in [4.69, 9.17) is 5.26 Å². The van der Waals surface area contributed by atoms with Crippen molar-refractivity contribution < 1.29 is 4.79 Å². The lowest BCUT2D eigenvalue weighted by molar-refractivity contribution is -0.122. The molecule has 1 amide bonds. The molecular weight excluding hydrogens is 178 g/mol. The van der Waals surface area contributed by atoms with Gasteiger partial charge in [0.05, 0.1) is 12.5 Å². The van der Waals surface area contributed by atoms with Crippen LogP contribution in [0.2, 0.25) is 0 Å². The lowest BCUT2D eigenvalue weighted by atomic mass is 10.1. The number of carbonyl (C=O) groups excluding carboxylic acids is 1. The van der Waals surface area contributed by atoms with Crippen LogP contribution in [0, 0.1) is 11.3 Å². The second-order valence-electron chi connectivity index (χ2n) is 3.83. The lowest BCUT2D eigenvalue weighted by Gasteiger charge is -2.13. The number of hydrogen-bond donors (Lipinski definition) is 2. The number of carbonyl (C=O) groups is 1. The minimum absolute atomic E-state index is 0.0334. The number of nitriles is 1. The Kier molecular flexibility index (Phi) is 4.41. The summed E-state index contributed by atoms with van der Waals surface area (Å²) in [6.45, 7) is 2.87. The molecule has 1 saturated heterocycles. The summed E-state index contributed by atoms with van der Waals surface area (Å²) in [6, 6.07) is 2.34. The first-order chi connectivity index (χ1) is 6.72. The molecule has 0 aromatic rings. The molecule has 0 radical (unpaired) electrons. The molecule has 1 rings (SSSR count). The van der Waals surface area contributed by atoms with Crippen LogP contribution in [-0.4, -0.2) is 24.5 Å². The van der Waals surface area contributed by atoms with E-state index in [0.717, 1.165) is 19.4 Å². The molecule has 0 aromatic carbocycles. The average molecular weight is 195 g/mol. The van der Waals surface area contributed by atoms with Gasteiger partial charge in [-0.05, 0) is 26.3 Å². The summed E-state index contributed by atoms with van der Waals surface area (Å²) >= 11 is 0. The highest BCUT2D eigenvalue weighted by atomic mass is 16.1. The van der Waals surface area contributed by atoms with Crippen molar-refractivity contribution in [3.05, 3.63) is 0 Å². The zero-order chi connectivity index (χ0) is 10.4. The van der Waals surface area contributed by atoms with Crippen LogP contribution in [0.3, 0.4) is 0 Å². The maximum absolute atomic E-state index is 11.4. The first-order valence-corrected chi connectivity index (χ1v) is 5.12. The normalized spacial score (nSPS) is 22.7. The molecule has 1 heterocycles. The highest BCUT2D eigenvalue weighted by molar-refractivity contribution is 5.76. The van der Waals surface area contributed by atoms with Crippen molar-refractivity contribution in [2.24, 2.45) is 0 Å². The van der Waals surface area contributed by atoms with E-state index < -0.39 is 0 Å². The number of amides is 1. The van der Waals surface area contributed by atoms with Crippen LogP contribution in [0.5, 0.6) is 0 Å². The van der Waals surface area contributed by atoms with E-state index in [2.05, 4.69) is 10.6 Å². The third kappa shape index (κ3) is 3.75. The van der Waals surface area contributed by atoms with Gasteiger partial charge >= 0.3 is 0 Å². The summed E-state index contributed by atoms with van der Waals surface area (Å²) in [7, 11) is 0. The van der Waals surface area contributed by atoms with Crippen molar-refractivity contribution in [2.45, 2.75) is 44.7 Å². The second-order valence-corrected chi connectivity index (χ2v) is 3.83. The van der Waals surface area contributed by atoms with Gasteiger partial charge in [-0.2, -0.15) is 5.26 Å². The van der Waals surface area contributed by atoms with Crippen LogP contribution in [-0.2, 0) is 4.79 Å². The van der Waals surface area contributed by atoms with E-state index >= 15 is 0 Å². The van der Waals surface area contributed by atoms with E-state index in [0.29, 0.717) is 18.9 Å². The molecule has 1 fully saturated rings. The molecule has 2 atom stereocenters. The predicted molar refractivity (Wildman–Crippen MR) is 53.5 cm³/mol. The zero-order valence-electron chi connectivity index (χ0n) is 8.55. The third-order valence-electron chi connectivity index (χ3n) is 2.40. The Morgan fingerprint density at radius 2 is 2.57 bits per heavy atom. The average Bonchev–Trinajstić information content (AvgIpc) is 2.56. The van der Waals surface area contributed by atoms with Gasteiger partial charge in [0.2, 0.25) is 5.91 Å². The molecule has 2 unspecified atom stereocenters. The van der Waals surface area contributed by atoms with Gasteiger partial charge in [-0.15, -0.1) is 0 Å². The van der Waals surface area contributed by atoms with Crippen LogP contribution >= 0.6 is 0 Å². The maximum atomic E-state index is 11.4. The molecule has 78 valence electrons. The van der Waals surface area contributed by atoms with Gasteiger partial charge in [-0.25, -0.2) is 0 Å². The number of rotatable bonds is 4. The van der Waals surface area contributed by atoms with Crippen molar-refractivity contribution in [2.75, 3.05) is 6.54 Å². The van der Waals surface area contributed by atoms with Crippen molar-refractivity contribution >= 4 is 5.91 Å². The minimum atomic E-state index is -0.0334. The Morgan fingerprint density at radius 1 is 1.79 bits per heavy atom. The topological polar surface area (TPSA) is 64.9 Å². The van der Waals surface area contributed by atoms with Gasteiger partial charge in [-0.3, -0.25) is 4.79 Å². The molecule has 4 heteroatoms. The second kappa shape index (κ2) is 5.61. The van der Waals surface area contributed by atoms with Gasteiger partial charge < -0.3 is 10.6 Å². The van der Waals surface area contributed by atoms with Crippen LogP contribution in [0.25, 0.3) is 0 Å². The maximum Gasteiger partial charge on any atom is 0.221 e. The molecular formula is C10H17N3O. The number of hydrogen-bond acceptors (Lipinski definition) is 3. The molecule has 0 saturated carbocycles. The summed E-state index contributed by atoms with van der Waals surface area (Å²) in [5.74, 6) is 0.0483. The molecule has 1 aliphatic rings. The van der Waals surface area contributed by atoms with Crippen LogP contribution in [0.4, 0.5) is 0 Å². The van der Waals surface area contributed by atoms with Gasteiger partial charge in [0, 0.05) is 18.5 Å². The van der Waals surface area contributed by atoms with Crippen molar-refractivity contribution in [1.29, 1.82) is 5.26 Å². The van der Waals surface area contributed by atoms with Crippen molar-refractivity contribution in [1.82, 2.24) is 10.6 Å². The summed E-state index contributed by atoms with van der Waals surface area (Å²) in [6.07, 6.45) is 3.16. The van der Waals surface area contributed by atoms with Crippen LogP contribution in [0.1, 0.15) is 32.6 Å². The quantitative estimate of drug-likeness (QED) is 0.688. The predicted octanol–water partition coefficient (Wildman–Crippen LogP) is 0.547.